The zero-order valence-corrected chi connectivity index (χ0v) is 16.0. The maximum atomic E-state index is 14.1. The van der Waals surface area contributed by atoms with Crippen LogP contribution in [0.1, 0.15) is 20.8 Å². The molecule has 2 rings (SSSR count). The average molecular weight is 435 g/mol. The molecule has 1 aromatic carbocycles. The molecular weight excluding hydrogens is 417 g/mol. The second-order valence-electron chi connectivity index (χ2n) is 6.76. The molecule has 12 heteroatoms. The third kappa shape index (κ3) is 7.18. The van der Waals surface area contributed by atoms with Gasteiger partial charge in [-0.1, -0.05) is 20.8 Å². The molecule has 0 aliphatic rings. The number of aromatic nitrogens is 1. The Hall–Kier alpha value is -3.44. The molecule has 0 saturated heterocycles. The number of rotatable bonds is 3. The van der Waals surface area contributed by atoms with Gasteiger partial charge in [0.05, 0.1) is 5.69 Å². The lowest BCUT2D eigenvalue weighted by Gasteiger charge is -2.18. The van der Waals surface area contributed by atoms with Gasteiger partial charge in [-0.05, 0) is 18.2 Å². The van der Waals surface area contributed by atoms with Crippen LogP contribution >= 0.6 is 0 Å². The summed E-state index contributed by atoms with van der Waals surface area (Å²) in [5.74, 6) is -5.48. The van der Waals surface area contributed by atoms with Crippen LogP contribution in [0.2, 0.25) is 0 Å². The number of carbonyl (C=O) groups excluding carboxylic acids is 1. The first-order valence-corrected chi connectivity index (χ1v) is 8.12. The Morgan fingerprint density at radius 2 is 1.67 bits per heavy atom. The second kappa shape index (κ2) is 9.37. The normalized spacial score (nSPS) is 11.2. The number of carbonyl (C=O) groups is 2. The first kappa shape index (κ1) is 24.6. The molecule has 0 saturated carbocycles. The van der Waals surface area contributed by atoms with Crippen LogP contribution < -0.4 is 15.8 Å². The number of amides is 1. The van der Waals surface area contributed by atoms with Crippen LogP contribution in [0.25, 0.3) is 0 Å². The van der Waals surface area contributed by atoms with Crippen molar-refractivity contribution in [2.45, 2.75) is 26.9 Å². The lowest BCUT2D eigenvalue weighted by Crippen LogP contribution is -2.28. The van der Waals surface area contributed by atoms with E-state index in [2.05, 4.69) is 10.3 Å². The van der Waals surface area contributed by atoms with Crippen molar-refractivity contribution in [3.05, 3.63) is 42.1 Å². The van der Waals surface area contributed by atoms with E-state index >= 15 is 0 Å². The highest BCUT2D eigenvalue weighted by molar-refractivity contribution is 5.94. The highest BCUT2D eigenvalue weighted by Crippen LogP contribution is 2.30. The third-order valence-electron chi connectivity index (χ3n) is 3.20. The number of nitrogens with one attached hydrogen (secondary N) is 1. The van der Waals surface area contributed by atoms with Crippen LogP contribution in [0.15, 0.2) is 30.5 Å². The van der Waals surface area contributed by atoms with Crippen molar-refractivity contribution in [1.29, 1.82) is 0 Å². The summed E-state index contributed by atoms with van der Waals surface area (Å²) in [6, 6.07) is 5.31. The molecule has 4 N–H and O–H groups in total. The van der Waals surface area contributed by atoms with Gasteiger partial charge in [-0.15, -0.1) is 0 Å². The Morgan fingerprint density at radius 3 is 2.13 bits per heavy atom. The molecule has 0 fully saturated rings. The number of alkyl halides is 3. The van der Waals surface area contributed by atoms with Gasteiger partial charge in [0, 0.05) is 17.7 Å². The monoisotopic (exact) mass is 435 g/mol. The van der Waals surface area contributed by atoms with Crippen LogP contribution in [0, 0.1) is 17.0 Å². The number of hydrogen-bond donors (Lipinski definition) is 3. The van der Waals surface area contributed by atoms with Crippen molar-refractivity contribution < 1.29 is 41.4 Å². The fourth-order valence-corrected chi connectivity index (χ4v) is 1.64. The van der Waals surface area contributed by atoms with Crippen LogP contribution in [0.4, 0.5) is 33.5 Å². The summed E-state index contributed by atoms with van der Waals surface area (Å²) in [7, 11) is 0. The van der Waals surface area contributed by atoms with E-state index in [-0.39, 0.29) is 23.0 Å². The largest absolute Gasteiger partial charge is 0.490 e. The van der Waals surface area contributed by atoms with Gasteiger partial charge in [-0.3, -0.25) is 4.79 Å². The lowest BCUT2D eigenvalue weighted by atomic mass is 9.95. The fourth-order valence-electron chi connectivity index (χ4n) is 1.64. The Bertz CT molecular complexity index is 927. The molecule has 7 nitrogen and oxygen atoms in total. The predicted octanol–water partition coefficient (Wildman–Crippen LogP) is 4.35. The number of ether oxygens (including phenoxy) is 1. The standard InChI is InChI=1S/C16H17F2N3O2.C2HF3O2/c1-16(2,3)15(22)21-10-4-5-11(14(18)13(10)17)23-9-6-7-20-12(19)8-9;3-2(4,5)1(6)7/h4-8H,1-3H3,(H2,19,20)(H,21,22);(H,6,7). The van der Waals surface area contributed by atoms with Crippen molar-refractivity contribution >= 4 is 23.4 Å². The number of carboxylic acid groups (broad SMARTS) is 1. The molecular formula is C18H18F5N3O4. The Labute approximate surface area is 167 Å². The number of pyridine rings is 1. The molecule has 164 valence electrons. The van der Waals surface area contributed by atoms with Gasteiger partial charge in [-0.2, -0.15) is 17.6 Å². The first-order chi connectivity index (χ1) is 13.6. The highest BCUT2D eigenvalue weighted by atomic mass is 19.4. The van der Waals surface area contributed by atoms with E-state index < -0.39 is 35.1 Å². The number of nitrogens with zero attached hydrogens (tertiary/aromatic N) is 1. The molecule has 2 aromatic rings. The summed E-state index contributed by atoms with van der Waals surface area (Å²) >= 11 is 0. The number of anilines is 2. The summed E-state index contributed by atoms with van der Waals surface area (Å²) < 4.78 is 65.2. The SMILES string of the molecule is CC(C)(C)C(=O)Nc1ccc(Oc2ccnc(N)c2)c(F)c1F.O=C(O)C(F)(F)F. The maximum absolute atomic E-state index is 14.1. The van der Waals surface area contributed by atoms with Gasteiger partial charge in [0.25, 0.3) is 0 Å². The molecule has 0 bridgehead atoms. The lowest BCUT2D eigenvalue weighted by molar-refractivity contribution is -0.192. The first-order valence-electron chi connectivity index (χ1n) is 8.12. The topological polar surface area (TPSA) is 115 Å². The molecule has 0 radical (unpaired) electrons. The summed E-state index contributed by atoms with van der Waals surface area (Å²) in [4.78, 5) is 24.5. The minimum atomic E-state index is -5.08. The van der Waals surface area contributed by atoms with Crippen LogP contribution in [0.5, 0.6) is 11.5 Å². The number of nitrogen functional groups attached to an aromatic ring is 1. The van der Waals surface area contributed by atoms with Gasteiger partial charge >= 0.3 is 12.1 Å². The summed E-state index contributed by atoms with van der Waals surface area (Å²) in [5, 5.41) is 9.48. The van der Waals surface area contributed by atoms with Gasteiger partial charge in [0.1, 0.15) is 11.6 Å². The van der Waals surface area contributed by atoms with Gasteiger partial charge in [0.15, 0.2) is 11.6 Å². The van der Waals surface area contributed by atoms with Crippen LogP contribution in [-0.4, -0.2) is 28.1 Å². The van der Waals surface area contributed by atoms with Gasteiger partial charge in [-0.25, -0.2) is 14.2 Å². The van der Waals surface area contributed by atoms with Crippen molar-refractivity contribution in [1.82, 2.24) is 4.98 Å². The van der Waals surface area contributed by atoms with E-state index in [4.69, 9.17) is 20.4 Å². The summed E-state index contributed by atoms with van der Waals surface area (Å²) in [6.45, 7) is 5.01. The number of aliphatic carboxylic acids is 1. The molecule has 1 aromatic heterocycles. The van der Waals surface area contributed by atoms with E-state index in [0.717, 1.165) is 0 Å². The van der Waals surface area contributed by atoms with E-state index in [1.807, 2.05) is 0 Å². The Morgan fingerprint density at radius 1 is 1.10 bits per heavy atom. The van der Waals surface area contributed by atoms with Gasteiger partial charge < -0.3 is 20.9 Å². The second-order valence-corrected chi connectivity index (χ2v) is 6.76. The van der Waals surface area contributed by atoms with Crippen LogP contribution in [0.3, 0.4) is 0 Å². The number of benzene rings is 1. The van der Waals surface area contributed by atoms with Crippen molar-refractivity contribution in [2.75, 3.05) is 11.1 Å². The highest BCUT2D eigenvalue weighted by Gasteiger charge is 2.38. The third-order valence-corrected chi connectivity index (χ3v) is 3.20. The number of carboxylic acids is 1. The number of nitrogens with two attached hydrogens (primary N) is 1. The summed E-state index contributed by atoms with van der Waals surface area (Å²) in [6.07, 6.45) is -3.70. The fraction of sp³-hybridized carbons (Fsp3) is 0.278. The van der Waals surface area contributed by atoms with E-state index in [1.54, 1.807) is 20.8 Å². The zero-order valence-electron chi connectivity index (χ0n) is 16.0. The van der Waals surface area contributed by atoms with Crippen molar-refractivity contribution in [3.8, 4) is 11.5 Å². The molecule has 30 heavy (non-hydrogen) atoms. The molecule has 1 amide bonds. The number of halogens is 5. The Kier molecular flexibility index (Phi) is 7.68. The van der Waals surface area contributed by atoms with E-state index in [1.165, 1.54) is 30.5 Å². The van der Waals surface area contributed by atoms with Crippen molar-refractivity contribution in [3.63, 3.8) is 0 Å². The Balaban J connectivity index is 0.000000553. The minimum Gasteiger partial charge on any atom is -0.475 e. The molecule has 0 atom stereocenters. The zero-order chi connectivity index (χ0) is 23.3. The summed E-state index contributed by atoms with van der Waals surface area (Å²) in [5.41, 5.74) is 4.52. The van der Waals surface area contributed by atoms with Gasteiger partial charge in [0.2, 0.25) is 11.7 Å². The number of hydrogen-bond acceptors (Lipinski definition) is 5. The molecule has 0 aliphatic carbocycles. The quantitative estimate of drug-likeness (QED) is 0.618. The average Bonchev–Trinajstić information content (AvgIpc) is 2.60. The van der Waals surface area contributed by atoms with Crippen LogP contribution in [-0.2, 0) is 9.59 Å². The maximum Gasteiger partial charge on any atom is 0.490 e. The molecule has 0 unspecified atom stereocenters. The van der Waals surface area contributed by atoms with E-state index in [0.29, 0.717) is 0 Å². The molecule has 0 aliphatic heterocycles. The minimum absolute atomic E-state index is 0.192. The molecule has 0 spiro atoms. The smallest absolute Gasteiger partial charge is 0.475 e. The molecule has 1 heterocycles. The van der Waals surface area contributed by atoms with E-state index in [9.17, 15) is 26.7 Å². The predicted molar refractivity (Wildman–Crippen MR) is 96.9 cm³/mol. The van der Waals surface area contributed by atoms with Crippen molar-refractivity contribution in [2.24, 2.45) is 5.41 Å².